The van der Waals surface area contributed by atoms with Crippen LogP contribution < -0.4 is 0 Å². The van der Waals surface area contributed by atoms with Crippen molar-refractivity contribution in [3.63, 3.8) is 0 Å². The van der Waals surface area contributed by atoms with Gasteiger partial charge < -0.3 is 4.74 Å². The molecule has 10 heteroatoms. The second-order valence-electron chi connectivity index (χ2n) is 9.27. The van der Waals surface area contributed by atoms with Crippen LogP contribution in [0.15, 0.2) is 40.9 Å². The number of carbonyl (C=O) groups is 1. The van der Waals surface area contributed by atoms with Gasteiger partial charge in [-0.3, -0.25) is 0 Å². The Balaban J connectivity index is 2.20. The molecule has 0 aromatic heterocycles. The first-order chi connectivity index (χ1) is 13.6. The van der Waals surface area contributed by atoms with E-state index in [0.717, 1.165) is 12.7 Å². The smallest absolute Gasteiger partial charge is 0.418 e. The Labute approximate surface area is 176 Å². The van der Waals surface area contributed by atoms with Gasteiger partial charge in [0.15, 0.2) is 0 Å². The predicted octanol–water partition coefficient (Wildman–Crippen LogP) is 3.91. The molecular formula is C20H26F3NO4SSi. The highest BCUT2D eigenvalue weighted by Gasteiger charge is 2.85. The van der Waals surface area contributed by atoms with Gasteiger partial charge in [0.1, 0.15) is 0 Å². The maximum absolute atomic E-state index is 14.5. The zero-order chi connectivity index (χ0) is 22.8. The van der Waals surface area contributed by atoms with E-state index in [1.165, 1.54) is 24.3 Å². The number of fused-ring (bicyclic) bond motifs is 1. The molecule has 1 saturated carbocycles. The summed E-state index contributed by atoms with van der Waals surface area (Å²) in [4.78, 5) is 12.4. The summed E-state index contributed by atoms with van der Waals surface area (Å²) in [5.74, 6) is -2.80. The first-order valence-electron chi connectivity index (χ1n) is 9.57. The Morgan fingerprint density at radius 2 is 1.80 bits per heavy atom. The van der Waals surface area contributed by atoms with Crippen molar-refractivity contribution in [1.29, 1.82) is 0 Å². The molecular weight excluding hydrogens is 435 g/mol. The van der Waals surface area contributed by atoms with Gasteiger partial charge in [0.05, 0.1) is 20.1 Å². The summed E-state index contributed by atoms with van der Waals surface area (Å²) < 4.78 is 75.1. The van der Waals surface area contributed by atoms with Crippen LogP contribution in [-0.4, -0.2) is 52.1 Å². The normalized spacial score (nSPS) is 29.8. The van der Waals surface area contributed by atoms with E-state index in [4.69, 9.17) is 0 Å². The van der Waals surface area contributed by atoms with E-state index in [1.54, 1.807) is 13.0 Å². The Bertz CT molecular complexity index is 985. The van der Waals surface area contributed by atoms with Gasteiger partial charge in [-0.2, -0.15) is 17.5 Å². The van der Waals surface area contributed by atoms with E-state index in [2.05, 4.69) is 4.74 Å². The summed E-state index contributed by atoms with van der Waals surface area (Å²) in [7, 11) is -5.51. The zero-order valence-corrected chi connectivity index (χ0v) is 19.4. The van der Waals surface area contributed by atoms with Gasteiger partial charge in [0.25, 0.3) is 0 Å². The second kappa shape index (κ2) is 6.93. The standard InChI is InChI=1S/C20H26F3NO4SSi/c1-14-6-8-15(9-7-14)29(26,27)24-13-18(10-11-30(3,4)5)12-16(18)19(24,17(25)28-2)20(21,22)23/h6-11,16H,12-13H2,1-5H3/b11-10-/t16-,18-,19?/m0/s1. The maximum atomic E-state index is 14.5. The van der Waals surface area contributed by atoms with E-state index in [-0.39, 0.29) is 11.3 Å². The third-order valence-corrected chi connectivity index (χ3v) is 8.94. The van der Waals surface area contributed by atoms with Crippen LogP contribution in [0.3, 0.4) is 0 Å². The van der Waals surface area contributed by atoms with Crippen molar-refractivity contribution in [3.05, 3.63) is 41.6 Å². The van der Waals surface area contributed by atoms with E-state index in [9.17, 15) is 26.4 Å². The number of halogens is 3. The van der Waals surface area contributed by atoms with Gasteiger partial charge >= 0.3 is 12.1 Å². The minimum Gasteiger partial charge on any atom is -0.467 e. The number of alkyl halides is 3. The van der Waals surface area contributed by atoms with Crippen molar-refractivity contribution in [2.75, 3.05) is 13.7 Å². The fraction of sp³-hybridized carbons (Fsp3) is 0.550. The van der Waals surface area contributed by atoms with E-state index >= 15 is 0 Å². The number of rotatable bonds is 5. The molecule has 166 valence electrons. The fourth-order valence-electron chi connectivity index (χ4n) is 4.24. The Morgan fingerprint density at radius 1 is 1.23 bits per heavy atom. The Hall–Kier alpha value is -1.65. The molecule has 2 aliphatic rings. The number of sulfonamides is 1. The molecule has 0 amide bonds. The minimum atomic E-state index is -5.13. The lowest BCUT2D eigenvalue weighted by Crippen LogP contribution is -2.65. The molecule has 1 aromatic rings. The summed E-state index contributed by atoms with van der Waals surface area (Å²) in [6.07, 6.45) is -3.34. The number of benzene rings is 1. The number of carbonyl (C=O) groups excluding carboxylic acids is 1. The second-order valence-corrected chi connectivity index (χ2v) is 16.2. The van der Waals surface area contributed by atoms with Crippen LogP contribution in [-0.2, 0) is 19.6 Å². The van der Waals surface area contributed by atoms with Crippen LogP contribution in [0, 0.1) is 18.3 Å². The largest absolute Gasteiger partial charge is 0.467 e. The predicted molar refractivity (Wildman–Crippen MR) is 109 cm³/mol. The molecule has 3 rings (SSSR count). The minimum absolute atomic E-state index is 0.0858. The summed E-state index contributed by atoms with van der Waals surface area (Å²) in [6, 6.07) is 5.55. The lowest BCUT2D eigenvalue weighted by atomic mass is 9.91. The lowest BCUT2D eigenvalue weighted by Gasteiger charge is -2.38. The van der Waals surface area contributed by atoms with Gasteiger partial charge in [-0.05, 0) is 25.5 Å². The van der Waals surface area contributed by atoms with Gasteiger partial charge in [-0.25, -0.2) is 13.2 Å². The topological polar surface area (TPSA) is 63.7 Å². The Kier molecular flexibility index (Phi) is 5.32. The van der Waals surface area contributed by atoms with Crippen LogP contribution in [0.1, 0.15) is 12.0 Å². The van der Waals surface area contributed by atoms with Gasteiger partial charge in [-0.1, -0.05) is 49.1 Å². The molecule has 0 bridgehead atoms. The van der Waals surface area contributed by atoms with Crippen LogP contribution in [0.2, 0.25) is 19.6 Å². The molecule has 0 N–H and O–H groups in total. The average molecular weight is 462 g/mol. The first kappa shape index (κ1) is 23.0. The molecule has 5 nitrogen and oxygen atoms in total. The van der Waals surface area contributed by atoms with E-state index in [1.807, 2.05) is 25.3 Å². The Morgan fingerprint density at radius 3 is 2.27 bits per heavy atom. The lowest BCUT2D eigenvalue weighted by molar-refractivity contribution is -0.227. The summed E-state index contributed by atoms with van der Waals surface area (Å²) in [6.45, 7) is 7.43. The molecule has 0 spiro atoms. The number of methoxy groups -OCH3 is 1. The van der Waals surface area contributed by atoms with Crippen molar-refractivity contribution in [2.45, 2.75) is 49.6 Å². The SMILES string of the molecule is COC(=O)C1(C(F)(F)F)[C@H]2C[C@@]2(/C=C\[Si](C)(C)C)CN1S(=O)(=O)c1ccc(C)cc1. The number of hydrogen-bond donors (Lipinski definition) is 0. The molecule has 1 saturated heterocycles. The van der Waals surface area contributed by atoms with Gasteiger partial charge in [-0.15, -0.1) is 0 Å². The number of piperidine rings is 1. The average Bonchev–Trinajstić information content (AvgIpc) is 3.25. The van der Waals surface area contributed by atoms with Crippen LogP contribution in [0.25, 0.3) is 0 Å². The quantitative estimate of drug-likeness (QED) is 0.493. The monoisotopic (exact) mass is 461 g/mol. The highest BCUT2D eigenvalue weighted by atomic mass is 32.2. The molecule has 1 aliphatic carbocycles. The number of aryl methyl sites for hydroxylation is 1. The van der Waals surface area contributed by atoms with Crippen molar-refractivity contribution in [1.82, 2.24) is 4.31 Å². The molecule has 30 heavy (non-hydrogen) atoms. The zero-order valence-electron chi connectivity index (χ0n) is 17.6. The highest BCUT2D eigenvalue weighted by Crippen LogP contribution is 2.70. The van der Waals surface area contributed by atoms with E-state index in [0.29, 0.717) is 4.31 Å². The number of hydrogen-bond acceptors (Lipinski definition) is 4. The van der Waals surface area contributed by atoms with Crippen LogP contribution in [0.5, 0.6) is 0 Å². The third kappa shape index (κ3) is 3.42. The molecule has 1 aliphatic heterocycles. The fourth-order valence-corrected chi connectivity index (χ4v) is 6.91. The van der Waals surface area contributed by atoms with Crippen molar-refractivity contribution in [2.24, 2.45) is 11.3 Å². The molecule has 0 radical (unpaired) electrons. The van der Waals surface area contributed by atoms with Crippen LogP contribution in [0.4, 0.5) is 13.2 Å². The summed E-state index contributed by atoms with van der Waals surface area (Å²) in [5, 5.41) is 0. The molecule has 3 atom stereocenters. The third-order valence-electron chi connectivity index (χ3n) is 5.91. The van der Waals surface area contributed by atoms with Crippen molar-refractivity contribution in [3.8, 4) is 0 Å². The molecule has 2 fully saturated rings. The number of ether oxygens (including phenoxy) is 1. The molecule has 1 unspecified atom stereocenters. The number of esters is 1. The summed E-state index contributed by atoms with van der Waals surface area (Å²) in [5.41, 5.74) is -1.59. The first-order valence-corrected chi connectivity index (χ1v) is 14.6. The van der Waals surface area contributed by atoms with Gasteiger partial charge in [0.2, 0.25) is 15.6 Å². The summed E-state index contributed by atoms with van der Waals surface area (Å²) >= 11 is 0. The van der Waals surface area contributed by atoms with Gasteiger partial charge in [0, 0.05) is 17.9 Å². The molecule has 1 aromatic carbocycles. The van der Waals surface area contributed by atoms with Crippen LogP contribution >= 0.6 is 0 Å². The van der Waals surface area contributed by atoms with Crippen molar-refractivity contribution < 1.29 is 31.1 Å². The van der Waals surface area contributed by atoms with Crippen molar-refractivity contribution >= 4 is 24.1 Å². The number of nitrogens with zero attached hydrogens (tertiary/aromatic N) is 1. The highest BCUT2D eigenvalue weighted by molar-refractivity contribution is 7.89. The maximum Gasteiger partial charge on any atom is 0.418 e. The van der Waals surface area contributed by atoms with E-state index < -0.39 is 53.7 Å². The molecule has 1 heterocycles.